The molecule has 160 valence electrons. The highest BCUT2D eigenvalue weighted by atomic mass is 16.6. The van der Waals surface area contributed by atoms with Gasteiger partial charge in [0.05, 0.1) is 13.1 Å². The molecule has 0 spiro atoms. The number of nitrogens with zero attached hydrogens (tertiary/aromatic N) is 1. The summed E-state index contributed by atoms with van der Waals surface area (Å²) in [6, 6.07) is 16.0. The lowest BCUT2D eigenvalue weighted by atomic mass is 10.0. The molecule has 1 amide bonds. The van der Waals surface area contributed by atoms with E-state index in [-0.39, 0.29) is 5.91 Å². The highest BCUT2D eigenvalue weighted by Gasteiger charge is 2.23. The number of nitrogens with one attached hydrogen (secondary N) is 2. The van der Waals surface area contributed by atoms with Crippen LogP contribution in [0.15, 0.2) is 48.5 Å². The third kappa shape index (κ3) is 4.94. The molecule has 30 heavy (non-hydrogen) atoms. The van der Waals surface area contributed by atoms with Gasteiger partial charge in [-0.2, -0.15) is 0 Å². The van der Waals surface area contributed by atoms with Gasteiger partial charge in [0, 0.05) is 23.1 Å². The molecule has 2 N–H and O–H groups in total. The van der Waals surface area contributed by atoms with Crippen molar-refractivity contribution < 1.29 is 14.3 Å². The Bertz CT molecular complexity index is 942. The van der Waals surface area contributed by atoms with Crippen LogP contribution in [0.1, 0.15) is 25.1 Å². The summed E-state index contributed by atoms with van der Waals surface area (Å²) in [5, 5.41) is 4.21. The molecule has 0 saturated heterocycles. The van der Waals surface area contributed by atoms with Crippen LogP contribution in [0.3, 0.4) is 0 Å². The molecule has 5 rings (SSSR count). The van der Waals surface area contributed by atoms with E-state index < -0.39 is 0 Å². The van der Waals surface area contributed by atoms with E-state index in [1.165, 1.54) is 22.2 Å². The highest BCUT2D eigenvalue weighted by molar-refractivity contribution is 5.86. The van der Waals surface area contributed by atoms with Gasteiger partial charge < -0.3 is 24.7 Å². The molecule has 1 aromatic heterocycles. The fourth-order valence-corrected chi connectivity index (χ4v) is 3.66. The van der Waals surface area contributed by atoms with Crippen molar-refractivity contribution in [3.63, 3.8) is 0 Å². The number of amides is 1. The molecule has 2 aliphatic heterocycles. The summed E-state index contributed by atoms with van der Waals surface area (Å²) >= 11 is 0. The van der Waals surface area contributed by atoms with Crippen LogP contribution in [-0.2, 0) is 17.8 Å². The van der Waals surface area contributed by atoms with Crippen LogP contribution in [0.25, 0.3) is 10.9 Å². The van der Waals surface area contributed by atoms with Gasteiger partial charge >= 0.3 is 0 Å². The fraction of sp³-hybridized carbons (Fsp3) is 0.375. The minimum atomic E-state index is 0.168. The van der Waals surface area contributed by atoms with Crippen molar-refractivity contribution >= 4 is 16.8 Å². The molecule has 0 bridgehead atoms. The van der Waals surface area contributed by atoms with E-state index in [0.29, 0.717) is 26.3 Å². The minimum absolute atomic E-state index is 0.168. The van der Waals surface area contributed by atoms with Gasteiger partial charge in [0.25, 0.3) is 0 Å². The first kappa shape index (κ1) is 21.7. The molecule has 3 aromatic rings. The number of para-hydroxylation sites is 3. The molecule has 2 aromatic carbocycles. The molecule has 0 saturated carbocycles. The zero-order chi connectivity index (χ0) is 21.3. The average molecular weight is 410 g/mol. The van der Waals surface area contributed by atoms with Crippen LogP contribution in [-0.4, -0.2) is 49.1 Å². The van der Waals surface area contributed by atoms with Crippen molar-refractivity contribution in [3.05, 3.63) is 59.8 Å². The lowest BCUT2D eigenvalue weighted by Crippen LogP contribution is -2.40. The Kier molecular flexibility index (Phi) is 7.74. The summed E-state index contributed by atoms with van der Waals surface area (Å²) in [6.45, 7) is 7.25. The fourth-order valence-electron chi connectivity index (χ4n) is 3.66. The number of hydrogen-bond donors (Lipinski definition) is 2. The van der Waals surface area contributed by atoms with Crippen LogP contribution in [0.4, 0.5) is 0 Å². The maximum absolute atomic E-state index is 11.9. The molecule has 0 unspecified atom stereocenters. The van der Waals surface area contributed by atoms with Crippen molar-refractivity contribution in [2.75, 3.05) is 33.4 Å². The zero-order valence-corrected chi connectivity index (χ0v) is 18.0. The van der Waals surface area contributed by atoms with Crippen molar-refractivity contribution in [1.29, 1.82) is 0 Å². The number of aromatic amines is 1. The van der Waals surface area contributed by atoms with Gasteiger partial charge in [0.1, 0.15) is 13.2 Å². The van der Waals surface area contributed by atoms with Crippen molar-refractivity contribution in [1.82, 2.24) is 15.2 Å². The molecule has 0 fully saturated rings. The number of carbonyl (C=O) groups is 1. The van der Waals surface area contributed by atoms with Crippen LogP contribution in [0.5, 0.6) is 11.5 Å². The van der Waals surface area contributed by atoms with E-state index >= 15 is 0 Å². The van der Waals surface area contributed by atoms with E-state index in [4.69, 9.17) is 9.47 Å². The summed E-state index contributed by atoms with van der Waals surface area (Å²) in [6.07, 6.45) is 0.939. The van der Waals surface area contributed by atoms with Gasteiger partial charge in [-0.3, -0.25) is 4.79 Å². The van der Waals surface area contributed by atoms with Crippen LogP contribution in [0.2, 0.25) is 0 Å². The Morgan fingerprint density at radius 2 is 1.67 bits per heavy atom. The SMILES string of the molecule is CC.CNCC(=O)N1CCc2c([nH]c3ccccc23)C1.c1ccc2c(c1)OCCO2. The van der Waals surface area contributed by atoms with Gasteiger partial charge in [-0.1, -0.05) is 44.2 Å². The van der Waals surface area contributed by atoms with Crippen LogP contribution in [0, 0.1) is 0 Å². The number of rotatable bonds is 2. The van der Waals surface area contributed by atoms with E-state index in [1.54, 1.807) is 7.05 Å². The van der Waals surface area contributed by atoms with Crippen molar-refractivity contribution in [2.45, 2.75) is 26.8 Å². The molecular formula is C24H31N3O3. The Morgan fingerprint density at radius 1 is 1.03 bits per heavy atom. The molecule has 6 nitrogen and oxygen atoms in total. The van der Waals surface area contributed by atoms with Gasteiger partial charge in [0.2, 0.25) is 5.91 Å². The first-order valence-corrected chi connectivity index (χ1v) is 10.6. The number of ether oxygens (including phenoxy) is 2. The molecule has 0 atom stereocenters. The standard InChI is InChI=1S/C14H17N3O.C8H8O2.C2H6/c1-15-8-14(18)17-7-6-11-10-4-2-3-5-12(10)16-13(11)9-17;1-2-4-8-7(3-1)9-5-6-10-8;1-2/h2-5,15-16H,6-9H2,1H3;1-4H,5-6H2;1-2H3. The smallest absolute Gasteiger partial charge is 0.236 e. The second kappa shape index (κ2) is 10.7. The Morgan fingerprint density at radius 3 is 2.33 bits per heavy atom. The summed E-state index contributed by atoms with van der Waals surface area (Å²) in [5.41, 5.74) is 3.73. The van der Waals surface area contributed by atoms with Crippen LogP contribution < -0.4 is 14.8 Å². The van der Waals surface area contributed by atoms with Gasteiger partial charge in [0.15, 0.2) is 11.5 Å². The van der Waals surface area contributed by atoms with Gasteiger partial charge in [-0.15, -0.1) is 0 Å². The zero-order valence-electron chi connectivity index (χ0n) is 18.0. The largest absolute Gasteiger partial charge is 0.486 e. The quantitative estimate of drug-likeness (QED) is 0.676. The summed E-state index contributed by atoms with van der Waals surface area (Å²) < 4.78 is 10.6. The average Bonchev–Trinajstić information content (AvgIpc) is 3.19. The third-order valence-electron chi connectivity index (χ3n) is 5.01. The Balaban J connectivity index is 0.000000180. The lowest BCUT2D eigenvalue weighted by Gasteiger charge is -2.27. The van der Waals surface area contributed by atoms with Crippen molar-refractivity contribution in [2.24, 2.45) is 0 Å². The molecule has 0 radical (unpaired) electrons. The monoisotopic (exact) mass is 409 g/mol. The number of hydrogen-bond acceptors (Lipinski definition) is 4. The molecular weight excluding hydrogens is 378 g/mol. The first-order valence-electron chi connectivity index (χ1n) is 10.6. The predicted octanol–water partition coefficient (Wildman–Crippen LogP) is 3.76. The molecule has 3 heterocycles. The maximum atomic E-state index is 11.9. The summed E-state index contributed by atoms with van der Waals surface area (Å²) in [4.78, 5) is 17.2. The van der Waals surface area contributed by atoms with Crippen molar-refractivity contribution in [3.8, 4) is 11.5 Å². The second-order valence-corrected chi connectivity index (χ2v) is 6.87. The predicted molar refractivity (Wildman–Crippen MR) is 120 cm³/mol. The minimum Gasteiger partial charge on any atom is -0.486 e. The summed E-state index contributed by atoms with van der Waals surface area (Å²) in [5.74, 6) is 1.88. The molecule has 2 aliphatic rings. The normalized spacial score (nSPS) is 14.0. The maximum Gasteiger partial charge on any atom is 0.236 e. The third-order valence-corrected chi connectivity index (χ3v) is 5.01. The summed E-state index contributed by atoms with van der Waals surface area (Å²) in [7, 11) is 1.80. The number of likely N-dealkylation sites (N-methyl/N-ethyl adjacent to an activating group) is 1. The van der Waals surface area contributed by atoms with Crippen LogP contribution >= 0.6 is 0 Å². The van der Waals surface area contributed by atoms with Gasteiger partial charge in [-0.05, 0) is 37.2 Å². The number of aromatic nitrogens is 1. The molecule has 6 heteroatoms. The number of carbonyl (C=O) groups excluding carboxylic acids is 1. The molecule has 0 aliphatic carbocycles. The Hall–Kier alpha value is -2.99. The Labute approximate surface area is 178 Å². The lowest BCUT2D eigenvalue weighted by molar-refractivity contribution is -0.131. The van der Waals surface area contributed by atoms with E-state index in [2.05, 4.69) is 28.5 Å². The number of fused-ring (bicyclic) bond motifs is 4. The van der Waals surface area contributed by atoms with E-state index in [1.807, 2.05) is 49.1 Å². The number of benzene rings is 2. The second-order valence-electron chi connectivity index (χ2n) is 6.87. The number of H-pyrrole nitrogens is 1. The topological polar surface area (TPSA) is 66.6 Å². The van der Waals surface area contributed by atoms with Gasteiger partial charge in [-0.25, -0.2) is 0 Å². The van der Waals surface area contributed by atoms with E-state index in [9.17, 15) is 4.79 Å². The highest BCUT2D eigenvalue weighted by Crippen LogP contribution is 2.28. The first-order chi connectivity index (χ1) is 14.8. The van der Waals surface area contributed by atoms with E-state index in [0.717, 1.165) is 24.5 Å².